The van der Waals surface area contributed by atoms with E-state index in [2.05, 4.69) is 0 Å². The highest BCUT2D eigenvalue weighted by molar-refractivity contribution is 7.19. The SMILES string of the molecule is CCOC(=O)c1sc(N2C(=O)[C@H]3[C@H](ON(c4ccccc4)[C@@H]3c3ccc(-c4ccc(F)cc4)o3)C2=O)c(C(=O)OC)c1C. The molecule has 2 saturated heterocycles. The summed E-state index contributed by atoms with van der Waals surface area (Å²) < 4.78 is 29.8. The van der Waals surface area contributed by atoms with E-state index in [0.717, 1.165) is 16.2 Å². The van der Waals surface area contributed by atoms with E-state index in [9.17, 15) is 23.6 Å². The van der Waals surface area contributed by atoms with Crippen LogP contribution in [-0.2, 0) is 23.9 Å². The van der Waals surface area contributed by atoms with Crippen molar-refractivity contribution in [2.75, 3.05) is 23.7 Å². The molecule has 12 heteroatoms. The van der Waals surface area contributed by atoms with Crippen molar-refractivity contribution in [3.63, 3.8) is 0 Å². The lowest BCUT2D eigenvalue weighted by molar-refractivity contribution is -0.126. The van der Waals surface area contributed by atoms with Crippen molar-refractivity contribution in [3.8, 4) is 11.3 Å². The average Bonchev–Trinajstić information content (AvgIpc) is 3.77. The molecule has 4 aromatic rings. The lowest BCUT2D eigenvalue weighted by Crippen LogP contribution is -2.37. The summed E-state index contributed by atoms with van der Waals surface area (Å²) in [5.74, 6) is -3.54. The number of hydroxylamine groups is 1. The summed E-state index contributed by atoms with van der Waals surface area (Å²) in [5.41, 5.74) is 1.36. The number of rotatable bonds is 7. The Balaban J connectivity index is 1.43. The van der Waals surface area contributed by atoms with Crippen LogP contribution in [0.3, 0.4) is 0 Å². The quantitative estimate of drug-likeness (QED) is 0.200. The number of anilines is 2. The molecule has 0 radical (unpaired) electrons. The van der Waals surface area contributed by atoms with Crippen molar-refractivity contribution in [3.05, 3.63) is 94.3 Å². The Kier molecular flexibility index (Phi) is 7.32. The Hall–Kier alpha value is -4.81. The normalized spacial score (nSPS) is 19.6. The number of carbonyl (C=O) groups excluding carboxylic acids is 4. The summed E-state index contributed by atoms with van der Waals surface area (Å²) >= 11 is 0.804. The van der Waals surface area contributed by atoms with Crippen LogP contribution in [0.15, 0.2) is 71.1 Å². The molecule has 2 amide bonds. The molecule has 0 N–H and O–H groups in total. The first kappa shape index (κ1) is 28.3. The van der Waals surface area contributed by atoms with Crippen LogP contribution in [0.1, 0.15) is 44.3 Å². The van der Waals surface area contributed by atoms with Crippen LogP contribution in [0.25, 0.3) is 11.3 Å². The molecule has 43 heavy (non-hydrogen) atoms. The molecule has 2 aromatic heterocycles. The van der Waals surface area contributed by atoms with Gasteiger partial charge in [0.2, 0.25) is 5.91 Å². The standard InChI is InChI=1S/C31H25FN2O8S/c1-4-40-31(38)26-16(2)22(30(37)39-3)29(43-26)33-27(35)23-24(21-15-14-20(41-21)17-10-12-18(32)13-11-17)34(42-25(23)28(33)36)19-8-6-5-7-9-19/h5-15,23-25H,4H2,1-3H3/t23-,24-,25+/m1/s1. The predicted octanol–water partition coefficient (Wildman–Crippen LogP) is 5.47. The highest BCUT2D eigenvalue weighted by atomic mass is 32.1. The van der Waals surface area contributed by atoms with Gasteiger partial charge in [-0.25, -0.2) is 23.9 Å². The third-order valence-corrected chi connectivity index (χ3v) is 8.61. The number of amides is 2. The zero-order valence-corrected chi connectivity index (χ0v) is 24.1. The van der Waals surface area contributed by atoms with Crippen molar-refractivity contribution in [2.24, 2.45) is 5.92 Å². The monoisotopic (exact) mass is 604 g/mol. The Morgan fingerprint density at radius 3 is 2.37 bits per heavy atom. The Labute approximate surface area is 249 Å². The number of halogens is 1. The van der Waals surface area contributed by atoms with Crippen molar-refractivity contribution < 1.29 is 42.3 Å². The minimum absolute atomic E-state index is 0.0446. The van der Waals surface area contributed by atoms with Crippen LogP contribution in [-0.4, -0.2) is 43.6 Å². The zero-order valence-electron chi connectivity index (χ0n) is 23.2. The van der Waals surface area contributed by atoms with Crippen molar-refractivity contribution >= 4 is 45.8 Å². The first-order valence-electron chi connectivity index (χ1n) is 13.4. The van der Waals surface area contributed by atoms with Crippen LogP contribution < -0.4 is 9.96 Å². The fourth-order valence-electron chi connectivity index (χ4n) is 5.37. The van der Waals surface area contributed by atoms with Gasteiger partial charge in [0.15, 0.2) is 6.10 Å². The van der Waals surface area contributed by atoms with Gasteiger partial charge >= 0.3 is 11.9 Å². The number of carbonyl (C=O) groups is 4. The molecule has 0 aliphatic carbocycles. The molecule has 2 aliphatic heterocycles. The summed E-state index contributed by atoms with van der Waals surface area (Å²) in [4.78, 5) is 60.8. The van der Waals surface area contributed by atoms with Gasteiger partial charge in [0.25, 0.3) is 5.91 Å². The van der Waals surface area contributed by atoms with Gasteiger partial charge in [-0.05, 0) is 67.9 Å². The van der Waals surface area contributed by atoms with E-state index in [0.29, 0.717) is 22.8 Å². The maximum Gasteiger partial charge on any atom is 0.348 e. The predicted molar refractivity (Wildman–Crippen MR) is 153 cm³/mol. The number of para-hydroxylation sites is 1. The molecule has 220 valence electrons. The Morgan fingerprint density at radius 1 is 0.977 bits per heavy atom. The highest BCUT2D eigenvalue weighted by Crippen LogP contribution is 2.50. The topological polar surface area (TPSA) is 116 Å². The van der Waals surface area contributed by atoms with Gasteiger partial charge in [-0.2, -0.15) is 0 Å². The summed E-state index contributed by atoms with van der Waals surface area (Å²) in [7, 11) is 1.17. The largest absolute Gasteiger partial charge is 0.465 e. The molecule has 0 unspecified atom stereocenters. The van der Waals surface area contributed by atoms with Gasteiger partial charge in [0.05, 0.1) is 25.0 Å². The van der Waals surface area contributed by atoms with Gasteiger partial charge in [-0.1, -0.05) is 18.2 Å². The summed E-state index contributed by atoms with van der Waals surface area (Å²) in [5, 5.41) is 1.43. The number of thiophene rings is 1. The molecule has 0 saturated carbocycles. The number of methoxy groups -OCH3 is 1. The lowest BCUT2D eigenvalue weighted by Gasteiger charge is -2.27. The maximum absolute atomic E-state index is 14.2. The van der Waals surface area contributed by atoms with E-state index in [1.165, 1.54) is 31.2 Å². The number of furan rings is 1. The number of ether oxygens (including phenoxy) is 2. The third kappa shape index (κ3) is 4.68. The Bertz CT molecular complexity index is 1730. The molecule has 2 aliphatic rings. The molecule has 4 heterocycles. The van der Waals surface area contributed by atoms with Crippen molar-refractivity contribution in [1.82, 2.24) is 0 Å². The van der Waals surface area contributed by atoms with Crippen LogP contribution in [0, 0.1) is 18.7 Å². The van der Waals surface area contributed by atoms with Crippen LogP contribution in [0.2, 0.25) is 0 Å². The fraction of sp³-hybridized carbons (Fsp3) is 0.226. The molecule has 0 bridgehead atoms. The molecular weight excluding hydrogens is 579 g/mol. The summed E-state index contributed by atoms with van der Waals surface area (Å²) in [6, 6.07) is 17.2. The number of hydrogen-bond acceptors (Lipinski definition) is 10. The first-order chi connectivity index (χ1) is 20.7. The van der Waals surface area contributed by atoms with Crippen molar-refractivity contribution in [2.45, 2.75) is 26.0 Å². The highest BCUT2D eigenvalue weighted by Gasteiger charge is 2.62. The van der Waals surface area contributed by atoms with Gasteiger partial charge in [-0.15, -0.1) is 11.3 Å². The van der Waals surface area contributed by atoms with E-state index >= 15 is 0 Å². The lowest BCUT2D eigenvalue weighted by atomic mass is 9.94. The van der Waals surface area contributed by atoms with E-state index in [4.69, 9.17) is 18.7 Å². The van der Waals surface area contributed by atoms with Crippen LogP contribution >= 0.6 is 11.3 Å². The molecule has 0 spiro atoms. The second kappa shape index (κ2) is 11.1. The number of fused-ring (bicyclic) bond motifs is 1. The zero-order chi connectivity index (χ0) is 30.4. The molecule has 3 atom stereocenters. The average molecular weight is 605 g/mol. The van der Waals surface area contributed by atoms with Crippen LogP contribution in [0.5, 0.6) is 0 Å². The molecule has 2 aromatic carbocycles. The van der Waals surface area contributed by atoms with Gasteiger partial charge in [-0.3, -0.25) is 14.4 Å². The smallest absolute Gasteiger partial charge is 0.348 e. The van der Waals surface area contributed by atoms with Crippen LogP contribution in [0.4, 0.5) is 15.1 Å². The third-order valence-electron chi connectivity index (χ3n) is 7.35. The minimum Gasteiger partial charge on any atom is -0.465 e. The number of esters is 2. The summed E-state index contributed by atoms with van der Waals surface area (Å²) in [6.45, 7) is 3.27. The molecule has 6 rings (SSSR count). The summed E-state index contributed by atoms with van der Waals surface area (Å²) in [6.07, 6.45) is -1.25. The van der Waals surface area contributed by atoms with Gasteiger partial charge in [0, 0.05) is 5.56 Å². The van der Waals surface area contributed by atoms with Gasteiger partial charge < -0.3 is 13.9 Å². The number of hydrogen-bond donors (Lipinski definition) is 0. The second-order valence-corrected chi connectivity index (χ2v) is 10.8. The minimum atomic E-state index is -1.25. The number of nitrogens with zero attached hydrogens (tertiary/aromatic N) is 2. The second-order valence-electron chi connectivity index (χ2n) is 9.83. The van der Waals surface area contributed by atoms with E-state index in [-0.39, 0.29) is 27.6 Å². The maximum atomic E-state index is 14.2. The Morgan fingerprint density at radius 2 is 1.70 bits per heavy atom. The number of benzene rings is 2. The van der Waals surface area contributed by atoms with Crippen molar-refractivity contribution in [1.29, 1.82) is 0 Å². The van der Waals surface area contributed by atoms with E-state index < -0.39 is 47.6 Å². The first-order valence-corrected chi connectivity index (χ1v) is 14.2. The number of imide groups is 1. The fourth-order valence-corrected chi connectivity index (χ4v) is 6.57. The van der Waals surface area contributed by atoms with E-state index in [1.807, 2.05) is 6.07 Å². The molecule has 2 fully saturated rings. The van der Waals surface area contributed by atoms with E-state index in [1.54, 1.807) is 55.5 Å². The molecule has 10 nitrogen and oxygen atoms in total. The molecular formula is C31H25FN2O8S. The van der Waals surface area contributed by atoms with Gasteiger partial charge in [0.1, 0.15) is 39.2 Å².